The van der Waals surface area contributed by atoms with E-state index in [1.54, 1.807) is 4.90 Å². The van der Waals surface area contributed by atoms with Crippen LogP contribution in [0.5, 0.6) is 0 Å². The lowest BCUT2D eigenvalue weighted by Gasteiger charge is -2.19. The third-order valence-electron chi connectivity index (χ3n) is 3.19. The highest BCUT2D eigenvalue weighted by Gasteiger charge is 2.34. The zero-order valence-corrected chi connectivity index (χ0v) is 12.1. The van der Waals surface area contributed by atoms with Crippen molar-refractivity contribution in [1.29, 1.82) is 0 Å². The third-order valence-corrected chi connectivity index (χ3v) is 3.19. The normalized spacial score (nSPS) is 20.3. The number of carboxylic acids is 1. The second-order valence-electron chi connectivity index (χ2n) is 5.40. The third kappa shape index (κ3) is 4.48. The lowest BCUT2D eigenvalue weighted by molar-refractivity contribution is -0.148. The van der Waals surface area contributed by atoms with Gasteiger partial charge in [0.25, 0.3) is 0 Å². The van der Waals surface area contributed by atoms with Gasteiger partial charge in [-0.1, -0.05) is 13.8 Å². The van der Waals surface area contributed by atoms with Crippen LogP contribution in [-0.4, -0.2) is 60.6 Å². The smallest absolute Gasteiger partial charge is 0.334 e. The van der Waals surface area contributed by atoms with Gasteiger partial charge in [0.2, 0.25) is 11.8 Å². The summed E-state index contributed by atoms with van der Waals surface area (Å²) < 4.78 is 4.73. The lowest BCUT2D eigenvalue weighted by Crippen LogP contribution is -2.41. The number of carboxylic acid groups (broad SMARTS) is 1. The molecular formula is C13H22N2O5. The maximum absolute atomic E-state index is 11.9. The average molecular weight is 286 g/mol. The van der Waals surface area contributed by atoms with Gasteiger partial charge in [0.05, 0.1) is 12.5 Å². The van der Waals surface area contributed by atoms with E-state index in [1.807, 2.05) is 13.8 Å². The Morgan fingerprint density at radius 3 is 2.65 bits per heavy atom. The number of carbonyl (C=O) groups is 3. The van der Waals surface area contributed by atoms with Crippen LogP contribution in [0.3, 0.4) is 0 Å². The van der Waals surface area contributed by atoms with Crippen LogP contribution in [0.15, 0.2) is 0 Å². The lowest BCUT2D eigenvalue weighted by atomic mass is 10.1. The Bertz CT molecular complexity index is 383. The van der Waals surface area contributed by atoms with Gasteiger partial charge < -0.3 is 20.1 Å². The SMILES string of the molecule is COC(CNC(=O)C1CC(=O)N(CC(C)C)C1)C(=O)O. The van der Waals surface area contributed by atoms with Crippen LogP contribution in [0.25, 0.3) is 0 Å². The van der Waals surface area contributed by atoms with Crippen LogP contribution in [-0.2, 0) is 19.1 Å². The van der Waals surface area contributed by atoms with Crippen molar-refractivity contribution in [1.82, 2.24) is 10.2 Å². The summed E-state index contributed by atoms with van der Waals surface area (Å²) in [4.78, 5) is 36.1. The van der Waals surface area contributed by atoms with E-state index in [9.17, 15) is 14.4 Å². The molecule has 20 heavy (non-hydrogen) atoms. The fourth-order valence-electron chi connectivity index (χ4n) is 2.17. The molecular weight excluding hydrogens is 264 g/mol. The number of rotatable bonds is 7. The first-order valence-corrected chi connectivity index (χ1v) is 6.66. The first kappa shape index (κ1) is 16.4. The average Bonchev–Trinajstić information content (AvgIpc) is 2.70. The Balaban J connectivity index is 2.45. The molecule has 0 saturated carbocycles. The molecule has 1 saturated heterocycles. The zero-order valence-electron chi connectivity index (χ0n) is 12.1. The Morgan fingerprint density at radius 1 is 1.50 bits per heavy atom. The number of amides is 2. The number of hydrogen-bond acceptors (Lipinski definition) is 4. The van der Waals surface area contributed by atoms with Crippen LogP contribution >= 0.6 is 0 Å². The minimum absolute atomic E-state index is 0.0274. The highest BCUT2D eigenvalue weighted by Crippen LogP contribution is 2.19. The number of likely N-dealkylation sites (tertiary alicyclic amines) is 1. The Morgan fingerprint density at radius 2 is 2.15 bits per heavy atom. The molecule has 114 valence electrons. The quantitative estimate of drug-likeness (QED) is 0.670. The standard InChI is InChI=1S/C13H22N2O5/c1-8(2)6-15-7-9(4-11(15)16)12(17)14-5-10(20-3)13(18)19/h8-10H,4-7H2,1-3H3,(H,14,17)(H,18,19). The molecule has 1 aliphatic rings. The molecule has 1 aliphatic heterocycles. The maximum atomic E-state index is 11.9. The summed E-state index contributed by atoms with van der Waals surface area (Å²) in [6.07, 6.45) is -0.883. The van der Waals surface area contributed by atoms with Crippen LogP contribution in [0.4, 0.5) is 0 Å². The molecule has 2 amide bonds. The predicted molar refractivity (Wildman–Crippen MR) is 71.0 cm³/mol. The van der Waals surface area contributed by atoms with Gasteiger partial charge >= 0.3 is 5.97 Å². The summed E-state index contributed by atoms with van der Waals surface area (Å²) in [5, 5.41) is 11.3. The monoisotopic (exact) mass is 286 g/mol. The van der Waals surface area contributed by atoms with Gasteiger partial charge in [-0.25, -0.2) is 4.79 Å². The second kappa shape index (κ2) is 7.23. The molecule has 1 heterocycles. The van der Waals surface area contributed by atoms with Crippen molar-refractivity contribution in [3.05, 3.63) is 0 Å². The van der Waals surface area contributed by atoms with Crippen molar-refractivity contribution >= 4 is 17.8 Å². The van der Waals surface area contributed by atoms with E-state index in [2.05, 4.69) is 5.32 Å². The van der Waals surface area contributed by atoms with Gasteiger partial charge in [-0.05, 0) is 5.92 Å². The van der Waals surface area contributed by atoms with Gasteiger partial charge in [0.1, 0.15) is 0 Å². The van der Waals surface area contributed by atoms with E-state index < -0.39 is 18.0 Å². The van der Waals surface area contributed by atoms with E-state index in [0.29, 0.717) is 19.0 Å². The minimum atomic E-state index is -1.13. The van der Waals surface area contributed by atoms with Crippen molar-refractivity contribution in [2.75, 3.05) is 26.7 Å². The predicted octanol–water partition coefficient (Wildman–Crippen LogP) is -0.293. The Kier molecular flexibility index (Phi) is 5.94. The molecule has 0 aromatic rings. The van der Waals surface area contributed by atoms with E-state index in [-0.39, 0.29) is 24.8 Å². The highest BCUT2D eigenvalue weighted by atomic mass is 16.5. The zero-order chi connectivity index (χ0) is 15.3. The molecule has 0 radical (unpaired) electrons. The fourth-order valence-corrected chi connectivity index (χ4v) is 2.17. The van der Waals surface area contributed by atoms with Gasteiger partial charge in [-0.15, -0.1) is 0 Å². The number of aliphatic carboxylic acids is 1. The summed E-state index contributed by atoms with van der Waals surface area (Å²) in [5.74, 6) is -1.51. The van der Waals surface area contributed by atoms with E-state index in [4.69, 9.17) is 9.84 Å². The van der Waals surface area contributed by atoms with Gasteiger partial charge in [0, 0.05) is 26.6 Å². The molecule has 2 N–H and O–H groups in total. The number of methoxy groups -OCH3 is 1. The molecule has 7 nitrogen and oxygen atoms in total. The summed E-state index contributed by atoms with van der Waals surface area (Å²) >= 11 is 0. The van der Waals surface area contributed by atoms with Crippen molar-refractivity contribution in [3.63, 3.8) is 0 Å². The molecule has 0 aromatic carbocycles. The summed E-state index contributed by atoms with van der Waals surface area (Å²) in [7, 11) is 1.27. The Hall–Kier alpha value is -1.63. The summed E-state index contributed by atoms with van der Waals surface area (Å²) in [6, 6.07) is 0. The fraction of sp³-hybridized carbons (Fsp3) is 0.769. The topological polar surface area (TPSA) is 95.9 Å². The van der Waals surface area contributed by atoms with E-state index in [0.717, 1.165) is 0 Å². The number of nitrogens with one attached hydrogen (secondary N) is 1. The van der Waals surface area contributed by atoms with Gasteiger partial charge in [-0.3, -0.25) is 9.59 Å². The molecule has 1 rings (SSSR count). The van der Waals surface area contributed by atoms with E-state index >= 15 is 0 Å². The van der Waals surface area contributed by atoms with Gasteiger partial charge in [0.15, 0.2) is 6.10 Å². The number of hydrogen-bond donors (Lipinski definition) is 2. The molecule has 2 atom stereocenters. The first-order valence-electron chi connectivity index (χ1n) is 6.66. The van der Waals surface area contributed by atoms with Crippen LogP contribution in [0.1, 0.15) is 20.3 Å². The minimum Gasteiger partial charge on any atom is -0.479 e. The van der Waals surface area contributed by atoms with Crippen molar-refractivity contribution in [2.24, 2.45) is 11.8 Å². The van der Waals surface area contributed by atoms with Crippen LogP contribution < -0.4 is 5.32 Å². The largest absolute Gasteiger partial charge is 0.479 e. The Labute approximate surface area is 118 Å². The van der Waals surface area contributed by atoms with Crippen molar-refractivity contribution < 1.29 is 24.2 Å². The van der Waals surface area contributed by atoms with Crippen LogP contribution in [0, 0.1) is 11.8 Å². The summed E-state index contributed by atoms with van der Waals surface area (Å²) in [5.41, 5.74) is 0. The summed E-state index contributed by atoms with van der Waals surface area (Å²) in [6.45, 7) is 4.96. The maximum Gasteiger partial charge on any atom is 0.334 e. The molecule has 1 fully saturated rings. The molecule has 0 bridgehead atoms. The molecule has 7 heteroatoms. The van der Waals surface area contributed by atoms with Gasteiger partial charge in [-0.2, -0.15) is 0 Å². The molecule has 2 unspecified atom stereocenters. The molecule has 0 spiro atoms. The van der Waals surface area contributed by atoms with Crippen molar-refractivity contribution in [2.45, 2.75) is 26.4 Å². The number of ether oxygens (including phenoxy) is 1. The first-order chi connectivity index (χ1) is 9.35. The highest BCUT2D eigenvalue weighted by molar-refractivity contribution is 5.89. The molecule has 0 aromatic heterocycles. The van der Waals surface area contributed by atoms with Crippen molar-refractivity contribution in [3.8, 4) is 0 Å². The number of carbonyl (C=O) groups excluding carboxylic acids is 2. The van der Waals surface area contributed by atoms with Crippen LogP contribution in [0.2, 0.25) is 0 Å². The van der Waals surface area contributed by atoms with E-state index in [1.165, 1.54) is 7.11 Å². The number of nitrogens with zero attached hydrogens (tertiary/aromatic N) is 1. The molecule has 0 aliphatic carbocycles. The second-order valence-corrected chi connectivity index (χ2v) is 5.40.